The average molecular weight is 242 g/mol. The maximum Gasteiger partial charge on any atom is 0.118 e. The topological polar surface area (TPSA) is 59.5 Å². The van der Waals surface area contributed by atoms with Crippen molar-refractivity contribution >= 4 is 10.8 Å². The van der Waals surface area contributed by atoms with E-state index in [4.69, 9.17) is 10.2 Å². The van der Waals surface area contributed by atoms with E-state index in [0.717, 1.165) is 42.7 Å². The van der Waals surface area contributed by atoms with Gasteiger partial charge < -0.3 is 10.2 Å². The molecule has 1 aliphatic rings. The number of nitrogens with zero attached hydrogens (tertiary/aromatic N) is 1. The van der Waals surface area contributed by atoms with E-state index in [2.05, 4.69) is 4.90 Å². The number of aryl methyl sites for hydroxylation is 1. The third-order valence-corrected chi connectivity index (χ3v) is 4.21. The fourth-order valence-corrected chi connectivity index (χ4v) is 3.05. The molecule has 0 aliphatic carbocycles. The first-order chi connectivity index (χ1) is 7.69. The molecule has 0 amide bonds. The summed E-state index contributed by atoms with van der Waals surface area (Å²) in [4.78, 5) is 2.32. The highest BCUT2D eigenvalue weighted by atomic mass is 32.2. The smallest absolute Gasteiger partial charge is 0.118 e. The highest BCUT2D eigenvalue weighted by Crippen LogP contribution is 2.17. The summed E-state index contributed by atoms with van der Waals surface area (Å²) in [7, 11) is -0.606. The van der Waals surface area contributed by atoms with Gasteiger partial charge in [-0.3, -0.25) is 9.11 Å². The molecule has 0 bridgehead atoms. The molecule has 0 spiro atoms. The molecule has 16 heavy (non-hydrogen) atoms. The van der Waals surface area contributed by atoms with E-state index >= 15 is 0 Å². The Morgan fingerprint density at radius 3 is 2.75 bits per heavy atom. The molecule has 1 aliphatic heterocycles. The van der Waals surface area contributed by atoms with Gasteiger partial charge in [0.2, 0.25) is 0 Å². The van der Waals surface area contributed by atoms with Crippen LogP contribution in [0, 0.1) is 6.92 Å². The van der Waals surface area contributed by atoms with Gasteiger partial charge in [-0.25, -0.2) is 0 Å². The van der Waals surface area contributed by atoms with Gasteiger partial charge in [0.15, 0.2) is 0 Å². The summed E-state index contributed by atoms with van der Waals surface area (Å²) < 4.78 is 16.7. The fourth-order valence-electron chi connectivity index (χ4n) is 1.92. The van der Waals surface area contributed by atoms with Crippen molar-refractivity contribution in [2.75, 3.05) is 24.6 Å². The molecular formula is C11H18N2O2S. The standard InChI is InChI=1S/C11H18N2O2S/c1-9-10(6-11(7-12)15-9)8-13-2-4-16(14)5-3-13/h6H,2-5,7-8,12H2,1H3. The fraction of sp³-hybridized carbons (Fsp3) is 0.636. The van der Waals surface area contributed by atoms with Gasteiger partial charge in [-0.05, 0) is 13.0 Å². The Labute approximate surface area is 98.2 Å². The largest absolute Gasteiger partial charge is 0.465 e. The lowest BCUT2D eigenvalue weighted by atomic mass is 10.2. The minimum Gasteiger partial charge on any atom is -0.465 e. The first-order valence-corrected chi connectivity index (χ1v) is 7.03. The first kappa shape index (κ1) is 11.8. The lowest BCUT2D eigenvalue weighted by molar-refractivity contribution is 0.289. The highest BCUT2D eigenvalue weighted by Gasteiger charge is 2.17. The van der Waals surface area contributed by atoms with Gasteiger partial charge in [0.1, 0.15) is 11.5 Å². The minimum absolute atomic E-state index is 0.449. The second-order valence-electron chi connectivity index (χ2n) is 4.12. The zero-order chi connectivity index (χ0) is 11.5. The van der Waals surface area contributed by atoms with Crippen LogP contribution in [-0.2, 0) is 23.9 Å². The summed E-state index contributed by atoms with van der Waals surface area (Å²) in [5.74, 6) is 3.38. The number of rotatable bonds is 3. The second kappa shape index (κ2) is 5.12. The van der Waals surface area contributed by atoms with Gasteiger partial charge >= 0.3 is 0 Å². The van der Waals surface area contributed by atoms with Gasteiger partial charge in [0, 0.05) is 47.5 Å². The van der Waals surface area contributed by atoms with Gasteiger partial charge in [0.25, 0.3) is 0 Å². The van der Waals surface area contributed by atoms with Crippen LogP contribution in [0.1, 0.15) is 17.1 Å². The van der Waals surface area contributed by atoms with Crippen molar-refractivity contribution in [3.63, 3.8) is 0 Å². The summed E-state index contributed by atoms with van der Waals surface area (Å²) in [5, 5.41) is 0. The Hall–Kier alpha value is -0.650. The molecule has 5 heteroatoms. The van der Waals surface area contributed by atoms with Crippen molar-refractivity contribution in [1.29, 1.82) is 0 Å². The Balaban J connectivity index is 1.98. The maximum atomic E-state index is 11.2. The lowest BCUT2D eigenvalue weighted by Crippen LogP contribution is -2.37. The van der Waals surface area contributed by atoms with E-state index in [-0.39, 0.29) is 0 Å². The average Bonchev–Trinajstić information content (AvgIpc) is 2.63. The van der Waals surface area contributed by atoms with Crippen molar-refractivity contribution in [3.05, 3.63) is 23.2 Å². The number of hydrogen-bond acceptors (Lipinski definition) is 4. The molecule has 0 atom stereocenters. The molecule has 0 radical (unpaired) electrons. The molecule has 1 aromatic heterocycles. The zero-order valence-corrected chi connectivity index (χ0v) is 10.4. The molecule has 2 N–H and O–H groups in total. The maximum absolute atomic E-state index is 11.2. The predicted octanol–water partition coefficient (Wildman–Crippen LogP) is 0.611. The second-order valence-corrected chi connectivity index (χ2v) is 5.82. The van der Waals surface area contributed by atoms with E-state index in [1.165, 1.54) is 5.56 Å². The molecule has 1 fully saturated rings. The first-order valence-electron chi connectivity index (χ1n) is 5.54. The summed E-state index contributed by atoms with van der Waals surface area (Å²) in [6.45, 7) is 5.12. The number of hydrogen-bond donors (Lipinski definition) is 1. The number of furan rings is 1. The SMILES string of the molecule is Cc1oc(CN)cc1CN1CCS(=O)CC1. The van der Waals surface area contributed by atoms with E-state index < -0.39 is 10.8 Å². The highest BCUT2D eigenvalue weighted by molar-refractivity contribution is 7.85. The normalized spacial score (nSPS) is 19.1. The van der Waals surface area contributed by atoms with Crippen LogP contribution in [-0.4, -0.2) is 33.7 Å². The van der Waals surface area contributed by atoms with Crippen LogP contribution in [0.15, 0.2) is 10.5 Å². The molecule has 90 valence electrons. The summed E-state index contributed by atoms with van der Waals surface area (Å²) in [5.41, 5.74) is 6.74. The lowest BCUT2D eigenvalue weighted by Gasteiger charge is -2.25. The minimum atomic E-state index is -0.606. The molecular weight excluding hydrogens is 224 g/mol. The molecule has 0 aromatic carbocycles. The summed E-state index contributed by atoms with van der Waals surface area (Å²) >= 11 is 0. The molecule has 1 aromatic rings. The van der Waals surface area contributed by atoms with Gasteiger partial charge in [-0.2, -0.15) is 0 Å². The van der Waals surface area contributed by atoms with Crippen LogP contribution in [0.2, 0.25) is 0 Å². The Bertz CT molecular complexity index is 379. The van der Waals surface area contributed by atoms with Crippen molar-refractivity contribution in [1.82, 2.24) is 4.90 Å². The molecule has 2 rings (SSSR count). The van der Waals surface area contributed by atoms with Crippen LogP contribution < -0.4 is 5.73 Å². The Morgan fingerprint density at radius 2 is 2.19 bits per heavy atom. The molecule has 0 saturated carbocycles. The molecule has 0 unspecified atom stereocenters. The van der Waals surface area contributed by atoms with Crippen molar-refractivity contribution < 1.29 is 8.63 Å². The van der Waals surface area contributed by atoms with Crippen molar-refractivity contribution in [2.45, 2.75) is 20.0 Å². The van der Waals surface area contributed by atoms with Gasteiger partial charge in [0.05, 0.1) is 6.54 Å². The monoisotopic (exact) mass is 242 g/mol. The number of nitrogens with two attached hydrogens (primary N) is 1. The summed E-state index contributed by atoms with van der Waals surface area (Å²) in [6.07, 6.45) is 0. The van der Waals surface area contributed by atoms with Gasteiger partial charge in [-0.15, -0.1) is 0 Å². The van der Waals surface area contributed by atoms with E-state index in [9.17, 15) is 4.21 Å². The van der Waals surface area contributed by atoms with Crippen molar-refractivity contribution in [3.8, 4) is 0 Å². The van der Waals surface area contributed by atoms with Crippen molar-refractivity contribution in [2.24, 2.45) is 5.73 Å². The third kappa shape index (κ3) is 2.72. The molecule has 4 nitrogen and oxygen atoms in total. The Kier molecular flexibility index (Phi) is 3.78. The third-order valence-electron chi connectivity index (χ3n) is 2.94. The molecule has 2 heterocycles. The zero-order valence-electron chi connectivity index (χ0n) is 9.57. The van der Waals surface area contributed by atoms with Crippen LogP contribution >= 0.6 is 0 Å². The Morgan fingerprint density at radius 1 is 1.50 bits per heavy atom. The van der Waals surface area contributed by atoms with Crippen LogP contribution in [0.25, 0.3) is 0 Å². The predicted molar refractivity (Wildman–Crippen MR) is 64.5 cm³/mol. The summed E-state index contributed by atoms with van der Waals surface area (Å²) in [6, 6.07) is 2.03. The molecule has 1 saturated heterocycles. The van der Waals surface area contributed by atoms with Crippen LogP contribution in [0.3, 0.4) is 0 Å². The van der Waals surface area contributed by atoms with E-state index in [0.29, 0.717) is 6.54 Å². The quantitative estimate of drug-likeness (QED) is 0.843. The van der Waals surface area contributed by atoms with Gasteiger partial charge in [-0.1, -0.05) is 0 Å². The van der Waals surface area contributed by atoms with E-state index in [1.54, 1.807) is 0 Å². The van der Waals surface area contributed by atoms with Crippen LogP contribution in [0.5, 0.6) is 0 Å². The van der Waals surface area contributed by atoms with Crippen LogP contribution in [0.4, 0.5) is 0 Å². The van der Waals surface area contributed by atoms with E-state index in [1.807, 2.05) is 13.0 Å².